The maximum atomic E-state index is 12.8. The summed E-state index contributed by atoms with van der Waals surface area (Å²) >= 11 is 0. The lowest BCUT2D eigenvalue weighted by molar-refractivity contribution is -0.137. The number of pyridine rings is 1. The van der Waals surface area contributed by atoms with Gasteiger partial charge < -0.3 is 9.32 Å². The van der Waals surface area contributed by atoms with E-state index in [1.165, 1.54) is 12.1 Å². The molecule has 0 saturated carbocycles. The fourth-order valence-electron chi connectivity index (χ4n) is 3.21. The van der Waals surface area contributed by atoms with Crippen LogP contribution in [-0.4, -0.2) is 32.5 Å². The molecule has 1 aliphatic rings. The Hall–Kier alpha value is -3.23. The Morgan fingerprint density at radius 3 is 2.46 bits per heavy atom. The lowest BCUT2D eigenvalue weighted by atomic mass is 10.1. The number of nitrogens with zero attached hydrogens (tertiary/aromatic N) is 4. The molecule has 4 rings (SSSR count). The fourth-order valence-corrected chi connectivity index (χ4v) is 3.21. The van der Waals surface area contributed by atoms with Crippen LogP contribution in [0.15, 0.2) is 53.2 Å². The third kappa shape index (κ3) is 3.47. The second-order valence-electron chi connectivity index (χ2n) is 6.41. The van der Waals surface area contributed by atoms with Gasteiger partial charge in [-0.25, -0.2) is 0 Å². The van der Waals surface area contributed by atoms with Gasteiger partial charge in [0.1, 0.15) is 6.04 Å². The molecule has 2 aromatic heterocycles. The summed E-state index contributed by atoms with van der Waals surface area (Å²) < 4.78 is 43.9. The maximum Gasteiger partial charge on any atom is 0.416 e. The molecule has 9 heteroatoms. The van der Waals surface area contributed by atoms with Gasteiger partial charge >= 0.3 is 6.18 Å². The highest BCUT2D eigenvalue weighted by Gasteiger charge is 2.35. The van der Waals surface area contributed by atoms with Crippen LogP contribution in [0.25, 0.3) is 11.5 Å². The SMILES string of the molecule is O=C(c1ccc(C(F)(F)F)cc1)N1CCCC1c1nnc(-c2ccncc2)o1. The lowest BCUT2D eigenvalue weighted by Crippen LogP contribution is -2.30. The zero-order valence-electron chi connectivity index (χ0n) is 14.6. The number of carbonyl (C=O) groups is 1. The first-order valence-electron chi connectivity index (χ1n) is 8.65. The molecule has 0 aliphatic carbocycles. The Kier molecular flexibility index (Phi) is 4.58. The van der Waals surface area contributed by atoms with E-state index in [4.69, 9.17) is 4.42 Å². The summed E-state index contributed by atoms with van der Waals surface area (Å²) in [6.07, 6.45) is 0.156. The van der Waals surface area contributed by atoms with Gasteiger partial charge in [-0.05, 0) is 49.2 Å². The first-order valence-corrected chi connectivity index (χ1v) is 8.65. The molecule has 6 nitrogen and oxygen atoms in total. The van der Waals surface area contributed by atoms with Crippen molar-refractivity contribution in [1.29, 1.82) is 0 Å². The summed E-state index contributed by atoms with van der Waals surface area (Å²) in [6.45, 7) is 0.470. The van der Waals surface area contributed by atoms with Crippen LogP contribution in [0, 0.1) is 0 Å². The minimum atomic E-state index is -4.44. The second kappa shape index (κ2) is 7.06. The zero-order chi connectivity index (χ0) is 19.7. The average molecular weight is 388 g/mol. The molecule has 1 aliphatic heterocycles. The summed E-state index contributed by atoms with van der Waals surface area (Å²) in [5.74, 6) is 0.274. The monoisotopic (exact) mass is 388 g/mol. The molecule has 28 heavy (non-hydrogen) atoms. The van der Waals surface area contributed by atoms with E-state index in [9.17, 15) is 18.0 Å². The predicted molar refractivity (Wildman–Crippen MR) is 92.0 cm³/mol. The topological polar surface area (TPSA) is 72.1 Å². The van der Waals surface area contributed by atoms with Crippen molar-refractivity contribution >= 4 is 5.91 Å². The van der Waals surface area contributed by atoms with Crippen molar-refractivity contribution in [3.63, 3.8) is 0 Å². The van der Waals surface area contributed by atoms with Crippen LogP contribution in [0.2, 0.25) is 0 Å². The number of alkyl halides is 3. The third-order valence-electron chi connectivity index (χ3n) is 4.63. The van der Waals surface area contributed by atoms with Crippen LogP contribution in [0.3, 0.4) is 0 Å². The van der Waals surface area contributed by atoms with Gasteiger partial charge in [-0.15, -0.1) is 10.2 Å². The van der Waals surface area contributed by atoms with Crippen molar-refractivity contribution in [1.82, 2.24) is 20.1 Å². The number of likely N-dealkylation sites (tertiary alicyclic amines) is 1. The van der Waals surface area contributed by atoms with Gasteiger partial charge in [0.25, 0.3) is 5.91 Å². The molecular formula is C19H15F3N4O2. The molecule has 1 fully saturated rings. The summed E-state index contributed by atoms with van der Waals surface area (Å²) in [5, 5.41) is 8.10. The van der Waals surface area contributed by atoms with Crippen molar-refractivity contribution in [3.8, 4) is 11.5 Å². The van der Waals surface area contributed by atoms with Gasteiger partial charge in [-0.1, -0.05) is 0 Å². The van der Waals surface area contributed by atoms with Crippen molar-refractivity contribution < 1.29 is 22.4 Å². The number of hydrogen-bond donors (Lipinski definition) is 0. The van der Waals surface area contributed by atoms with Crippen molar-refractivity contribution in [2.24, 2.45) is 0 Å². The predicted octanol–water partition coefficient (Wildman–Crippen LogP) is 4.13. The molecular weight excluding hydrogens is 373 g/mol. The van der Waals surface area contributed by atoms with Crippen LogP contribution in [0.5, 0.6) is 0 Å². The van der Waals surface area contributed by atoms with E-state index in [0.29, 0.717) is 30.3 Å². The Labute approximate surface area is 158 Å². The Morgan fingerprint density at radius 1 is 1.07 bits per heavy atom. The molecule has 3 aromatic rings. The van der Waals surface area contributed by atoms with E-state index in [0.717, 1.165) is 18.6 Å². The molecule has 0 N–H and O–H groups in total. The molecule has 1 amide bonds. The van der Waals surface area contributed by atoms with Crippen LogP contribution in [-0.2, 0) is 6.18 Å². The minimum Gasteiger partial charge on any atom is -0.418 e. The molecule has 1 atom stereocenters. The van der Waals surface area contributed by atoms with Gasteiger partial charge in [-0.2, -0.15) is 13.2 Å². The number of halogens is 3. The largest absolute Gasteiger partial charge is 0.418 e. The molecule has 0 bridgehead atoms. The summed E-state index contributed by atoms with van der Waals surface area (Å²) in [7, 11) is 0. The van der Waals surface area contributed by atoms with Crippen LogP contribution < -0.4 is 0 Å². The van der Waals surface area contributed by atoms with Gasteiger partial charge in [0.2, 0.25) is 11.8 Å². The van der Waals surface area contributed by atoms with Gasteiger partial charge in [-0.3, -0.25) is 9.78 Å². The van der Waals surface area contributed by atoms with E-state index < -0.39 is 17.8 Å². The highest BCUT2D eigenvalue weighted by molar-refractivity contribution is 5.94. The van der Waals surface area contributed by atoms with Gasteiger partial charge in [0, 0.05) is 30.1 Å². The average Bonchev–Trinajstić information content (AvgIpc) is 3.37. The Morgan fingerprint density at radius 2 is 1.79 bits per heavy atom. The molecule has 1 saturated heterocycles. The minimum absolute atomic E-state index is 0.189. The Bertz CT molecular complexity index is 971. The second-order valence-corrected chi connectivity index (χ2v) is 6.41. The highest BCUT2D eigenvalue weighted by Crippen LogP contribution is 2.34. The van der Waals surface area contributed by atoms with E-state index in [1.54, 1.807) is 29.4 Å². The summed E-state index contributed by atoms with van der Waals surface area (Å²) in [4.78, 5) is 18.3. The normalized spacial score (nSPS) is 17.1. The first kappa shape index (κ1) is 18.1. The number of rotatable bonds is 3. The van der Waals surface area contributed by atoms with E-state index in [-0.39, 0.29) is 11.5 Å². The standard InChI is InChI=1S/C19H15F3N4O2/c20-19(21,22)14-5-3-13(4-6-14)18(27)26-11-1-2-15(26)17-25-24-16(28-17)12-7-9-23-10-8-12/h3-10,15H,1-2,11H2. The molecule has 0 radical (unpaired) electrons. The fraction of sp³-hybridized carbons (Fsp3) is 0.263. The van der Waals surface area contributed by atoms with Crippen LogP contribution >= 0.6 is 0 Å². The first-order chi connectivity index (χ1) is 13.4. The van der Waals surface area contributed by atoms with Crippen LogP contribution in [0.1, 0.15) is 40.7 Å². The van der Waals surface area contributed by atoms with E-state index >= 15 is 0 Å². The maximum absolute atomic E-state index is 12.8. The molecule has 1 aromatic carbocycles. The van der Waals surface area contributed by atoms with Crippen molar-refractivity contribution in [2.75, 3.05) is 6.54 Å². The number of aromatic nitrogens is 3. The smallest absolute Gasteiger partial charge is 0.416 e. The Balaban J connectivity index is 1.55. The van der Waals surface area contributed by atoms with E-state index in [2.05, 4.69) is 15.2 Å². The molecule has 144 valence electrons. The number of carbonyl (C=O) groups excluding carboxylic acids is 1. The summed E-state index contributed by atoms with van der Waals surface area (Å²) in [6, 6.07) is 7.26. The third-order valence-corrected chi connectivity index (χ3v) is 4.63. The van der Waals surface area contributed by atoms with Gasteiger partial charge in [0.05, 0.1) is 5.56 Å². The molecule has 3 heterocycles. The highest BCUT2D eigenvalue weighted by atomic mass is 19.4. The van der Waals surface area contributed by atoms with E-state index in [1.807, 2.05) is 0 Å². The number of amides is 1. The number of benzene rings is 1. The molecule has 1 unspecified atom stereocenters. The molecule has 0 spiro atoms. The quantitative estimate of drug-likeness (QED) is 0.675. The van der Waals surface area contributed by atoms with Crippen molar-refractivity contribution in [2.45, 2.75) is 25.1 Å². The van der Waals surface area contributed by atoms with Crippen LogP contribution in [0.4, 0.5) is 13.2 Å². The number of hydrogen-bond acceptors (Lipinski definition) is 5. The summed E-state index contributed by atoms with van der Waals surface area (Å²) in [5.41, 5.74) is 0.113. The zero-order valence-corrected chi connectivity index (χ0v) is 14.6. The van der Waals surface area contributed by atoms with Gasteiger partial charge in [0.15, 0.2) is 0 Å². The van der Waals surface area contributed by atoms with Crippen molar-refractivity contribution in [3.05, 3.63) is 65.8 Å². The lowest BCUT2D eigenvalue weighted by Gasteiger charge is -2.22.